The highest BCUT2D eigenvalue weighted by Crippen LogP contribution is 2.17. The van der Waals surface area contributed by atoms with Gasteiger partial charge in [-0.2, -0.15) is 0 Å². The predicted molar refractivity (Wildman–Crippen MR) is 104 cm³/mol. The SMILES string of the molecule is COCCn1cc(C(=O)Nc2ccc(-n3cnc(C)c3C)cc2)ccc1=O. The highest BCUT2D eigenvalue weighted by molar-refractivity contribution is 6.04. The van der Waals surface area contributed by atoms with Crippen LogP contribution in [0.2, 0.25) is 0 Å². The molecule has 0 aliphatic heterocycles. The number of anilines is 1. The summed E-state index contributed by atoms with van der Waals surface area (Å²) in [5.41, 5.74) is 3.95. The molecule has 0 spiro atoms. The van der Waals surface area contributed by atoms with Gasteiger partial charge in [-0.1, -0.05) is 0 Å². The number of carbonyl (C=O) groups excluding carboxylic acids is 1. The van der Waals surface area contributed by atoms with Gasteiger partial charge in [-0.25, -0.2) is 4.98 Å². The van der Waals surface area contributed by atoms with Crippen LogP contribution in [0, 0.1) is 13.8 Å². The molecular weight excluding hydrogens is 344 g/mol. The van der Waals surface area contributed by atoms with E-state index < -0.39 is 0 Å². The number of rotatable bonds is 6. The van der Waals surface area contributed by atoms with Crippen LogP contribution in [-0.2, 0) is 11.3 Å². The number of benzene rings is 1. The molecule has 2 aromatic heterocycles. The van der Waals surface area contributed by atoms with Crippen molar-refractivity contribution in [3.05, 3.63) is 76.2 Å². The fraction of sp³-hybridized carbons (Fsp3) is 0.250. The third kappa shape index (κ3) is 4.15. The zero-order chi connectivity index (χ0) is 19.4. The molecule has 1 aromatic carbocycles. The first-order valence-electron chi connectivity index (χ1n) is 8.61. The standard InChI is InChI=1S/C20H22N4O3/c1-14-15(2)24(13-21-14)18-7-5-17(6-8-18)22-20(26)16-4-9-19(25)23(12-16)10-11-27-3/h4-9,12-13H,10-11H2,1-3H3,(H,22,26). The summed E-state index contributed by atoms with van der Waals surface area (Å²) in [5, 5.41) is 2.85. The van der Waals surface area contributed by atoms with Gasteiger partial charge >= 0.3 is 0 Å². The van der Waals surface area contributed by atoms with E-state index in [1.807, 2.05) is 42.7 Å². The summed E-state index contributed by atoms with van der Waals surface area (Å²) in [6.45, 7) is 4.78. The van der Waals surface area contributed by atoms with Crippen LogP contribution >= 0.6 is 0 Å². The Morgan fingerprint density at radius 3 is 2.52 bits per heavy atom. The molecule has 140 valence electrons. The molecule has 0 fully saturated rings. The van der Waals surface area contributed by atoms with Crippen LogP contribution in [0.4, 0.5) is 5.69 Å². The number of nitrogens with one attached hydrogen (secondary N) is 1. The predicted octanol–water partition coefficient (Wildman–Crippen LogP) is 2.55. The van der Waals surface area contributed by atoms with Gasteiger partial charge in [-0.05, 0) is 44.2 Å². The van der Waals surface area contributed by atoms with Crippen molar-refractivity contribution in [2.75, 3.05) is 19.0 Å². The van der Waals surface area contributed by atoms with Crippen molar-refractivity contribution < 1.29 is 9.53 Å². The number of nitrogens with zero attached hydrogens (tertiary/aromatic N) is 3. The Balaban J connectivity index is 1.74. The first kappa shape index (κ1) is 18.6. The number of ether oxygens (including phenoxy) is 1. The fourth-order valence-corrected chi connectivity index (χ4v) is 2.70. The number of hydrogen-bond acceptors (Lipinski definition) is 4. The van der Waals surface area contributed by atoms with E-state index in [-0.39, 0.29) is 11.5 Å². The minimum Gasteiger partial charge on any atom is -0.383 e. The van der Waals surface area contributed by atoms with E-state index >= 15 is 0 Å². The maximum absolute atomic E-state index is 12.5. The van der Waals surface area contributed by atoms with Gasteiger partial charge in [0.25, 0.3) is 11.5 Å². The molecule has 0 radical (unpaired) electrons. The average molecular weight is 366 g/mol. The summed E-state index contributed by atoms with van der Waals surface area (Å²) in [6, 6.07) is 10.4. The Morgan fingerprint density at radius 2 is 1.89 bits per heavy atom. The monoisotopic (exact) mass is 366 g/mol. The van der Waals surface area contributed by atoms with Crippen molar-refractivity contribution >= 4 is 11.6 Å². The minimum absolute atomic E-state index is 0.168. The highest BCUT2D eigenvalue weighted by atomic mass is 16.5. The quantitative estimate of drug-likeness (QED) is 0.727. The van der Waals surface area contributed by atoms with Gasteiger partial charge < -0.3 is 19.2 Å². The smallest absolute Gasteiger partial charge is 0.257 e. The van der Waals surface area contributed by atoms with Gasteiger partial charge in [0.15, 0.2) is 0 Å². The number of carbonyl (C=O) groups is 1. The summed E-state index contributed by atoms with van der Waals surface area (Å²) in [4.78, 5) is 28.6. The molecule has 0 saturated carbocycles. The number of pyridine rings is 1. The molecule has 27 heavy (non-hydrogen) atoms. The van der Waals surface area contributed by atoms with Crippen molar-refractivity contribution in [3.8, 4) is 5.69 Å². The van der Waals surface area contributed by atoms with Gasteiger partial charge in [0.1, 0.15) is 0 Å². The van der Waals surface area contributed by atoms with Crippen LogP contribution in [0.1, 0.15) is 21.7 Å². The Morgan fingerprint density at radius 1 is 1.15 bits per heavy atom. The molecule has 1 N–H and O–H groups in total. The van der Waals surface area contributed by atoms with Gasteiger partial charge in [0.2, 0.25) is 0 Å². The molecule has 0 atom stereocenters. The molecule has 0 unspecified atom stereocenters. The zero-order valence-corrected chi connectivity index (χ0v) is 15.6. The maximum Gasteiger partial charge on any atom is 0.257 e. The average Bonchev–Trinajstić information content (AvgIpc) is 3.00. The van der Waals surface area contributed by atoms with Crippen LogP contribution in [0.3, 0.4) is 0 Å². The Hall–Kier alpha value is -3.19. The Labute approximate surface area is 157 Å². The third-order valence-electron chi connectivity index (χ3n) is 4.44. The second-order valence-corrected chi connectivity index (χ2v) is 6.23. The summed E-state index contributed by atoms with van der Waals surface area (Å²) >= 11 is 0. The maximum atomic E-state index is 12.5. The molecule has 2 heterocycles. The number of aromatic nitrogens is 3. The van der Waals surface area contributed by atoms with E-state index in [4.69, 9.17) is 4.74 Å². The summed E-state index contributed by atoms with van der Waals surface area (Å²) < 4.78 is 8.44. The van der Waals surface area contributed by atoms with E-state index in [1.165, 1.54) is 16.7 Å². The molecule has 0 bridgehead atoms. The van der Waals surface area contributed by atoms with Crippen LogP contribution in [0.5, 0.6) is 0 Å². The largest absolute Gasteiger partial charge is 0.383 e. The molecule has 0 aliphatic carbocycles. The minimum atomic E-state index is -0.274. The molecular formula is C20H22N4O3. The highest BCUT2D eigenvalue weighted by Gasteiger charge is 2.09. The number of imidazole rings is 1. The van der Waals surface area contributed by atoms with Crippen molar-refractivity contribution in [2.24, 2.45) is 0 Å². The van der Waals surface area contributed by atoms with Crippen LogP contribution in [-0.4, -0.2) is 33.7 Å². The van der Waals surface area contributed by atoms with Gasteiger partial charge in [0, 0.05) is 43.0 Å². The Kier molecular flexibility index (Phi) is 5.52. The van der Waals surface area contributed by atoms with Gasteiger partial charge in [0.05, 0.1) is 24.2 Å². The molecule has 7 nitrogen and oxygen atoms in total. The normalized spacial score (nSPS) is 10.8. The third-order valence-corrected chi connectivity index (χ3v) is 4.44. The lowest BCUT2D eigenvalue weighted by molar-refractivity contribution is 0.102. The van der Waals surface area contributed by atoms with Crippen LogP contribution < -0.4 is 10.9 Å². The molecule has 3 aromatic rings. The first-order chi connectivity index (χ1) is 13.0. The first-order valence-corrected chi connectivity index (χ1v) is 8.61. The number of methoxy groups -OCH3 is 1. The summed E-state index contributed by atoms with van der Waals surface area (Å²) in [7, 11) is 1.57. The molecule has 3 rings (SSSR count). The molecule has 7 heteroatoms. The summed E-state index contributed by atoms with van der Waals surface area (Å²) in [6.07, 6.45) is 3.32. The van der Waals surface area contributed by atoms with Crippen molar-refractivity contribution in [2.45, 2.75) is 20.4 Å². The van der Waals surface area contributed by atoms with E-state index in [1.54, 1.807) is 19.6 Å². The van der Waals surface area contributed by atoms with E-state index in [0.717, 1.165) is 17.1 Å². The van der Waals surface area contributed by atoms with Crippen molar-refractivity contribution in [1.29, 1.82) is 0 Å². The van der Waals surface area contributed by atoms with E-state index in [2.05, 4.69) is 10.3 Å². The number of aryl methyl sites for hydroxylation is 1. The number of amides is 1. The molecule has 0 aliphatic rings. The van der Waals surface area contributed by atoms with Crippen LogP contribution in [0.25, 0.3) is 5.69 Å². The van der Waals surface area contributed by atoms with Gasteiger partial charge in [-0.3, -0.25) is 9.59 Å². The molecule has 1 amide bonds. The zero-order valence-electron chi connectivity index (χ0n) is 15.6. The second kappa shape index (κ2) is 8.01. The summed E-state index contributed by atoms with van der Waals surface area (Å²) in [5.74, 6) is -0.274. The van der Waals surface area contributed by atoms with E-state index in [9.17, 15) is 9.59 Å². The Bertz CT molecular complexity index is 1000. The van der Waals surface area contributed by atoms with E-state index in [0.29, 0.717) is 24.4 Å². The second-order valence-electron chi connectivity index (χ2n) is 6.23. The van der Waals surface area contributed by atoms with Crippen molar-refractivity contribution in [1.82, 2.24) is 14.1 Å². The topological polar surface area (TPSA) is 78.2 Å². The lowest BCUT2D eigenvalue weighted by Gasteiger charge is -2.10. The lowest BCUT2D eigenvalue weighted by Crippen LogP contribution is -2.23. The van der Waals surface area contributed by atoms with Gasteiger partial charge in [-0.15, -0.1) is 0 Å². The lowest BCUT2D eigenvalue weighted by atomic mass is 10.2. The fourth-order valence-electron chi connectivity index (χ4n) is 2.70. The molecule has 0 saturated heterocycles. The van der Waals surface area contributed by atoms with Crippen molar-refractivity contribution in [3.63, 3.8) is 0 Å². The van der Waals surface area contributed by atoms with Crippen LogP contribution in [0.15, 0.2) is 53.7 Å². The number of hydrogen-bond donors (Lipinski definition) is 1.